The summed E-state index contributed by atoms with van der Waals surface area (Å²) in [6.45, 7) is 3.34. The smallest absolute Gasteiger partial charge is 0.261 e. The maximum absolute atomic E-state index is 12.5. The van der Waals surface area contributed by atoms with Crippen LogP contribution in [0.5, 0.6) is 0 Å². The van der Waals surface area contributed by atoms with Crippen molar-refractivity contribution in [1.82, 2.24) is 10.2 Å². The van der Waals surface area contributed by atoms with Crippen LogP contribution in [0.2, 0.25) is 0 Å². The molecule has 2 aromatic carbocycles. The second kappa shape index (κ2) is 8.82. The van der Waals surface area contributed by atoms with Crippen LogP contribution in [0.1, 0.15) is 22.3 Å². The van der Waals surface area contributed by atoms with Crippen LogP contribution in [0.4, 0.5) is 5.69 Å². The Bertz CT molecular complexity index is 847. The van der Waals surface area contributed by atoms with Gasteiger partial charge in [-0.25, -0.2) is 8.42 Å². The molecular formula is C19H25N3O3S. The van der Waals surface area contributed by atoms with Gasteiger partial charge in [-0.05, 0) is 64.3 Å². The van der Waals surface area contributed by atoms with E-state index >= 15 is 0 Å². The summed E-state index contributed by atoms with van der Waals surface area (Å²) >= 11 is 0. The number of rotatable bonds is 8. The van der Waals surface area contributed by atoms with Crippen molar-refractivity contribution < 1.29 is 13.2 Å². The summed E-state index contributed by atoms with van der Waals surface area (Å²) in [4.78, 5) is 14.4. The molecule has 0 aliphatic heterocycles. The third-order valence-corrected chi connectivity index (χ3v) is 5.17. The van der Waals surface area contributed by atoms with Gasteiger partial charge in [-0.3, -0.25) is 9.52 Å². The fourth-order valence-corrected chi connectivity index (χ4v) is 3.40. The summed E-state index contributed by atoms with van der Waals surface area (Å²) in [5.74, 6) is -0.222. The Balaban J connectivity index is 2.04. The van der Waals surface area contributed by atoms with E-state index in [9.17, 15) is 13.2 Å². The van der Waals surface area contributed by atoms with Crippen LogP contribution in [0.15, 0.2) is 53.4 Å². The van der Waals surface area contributed by atoms with Crippen LogP contribution < -0.4 is 10.0 Å². The minimum Gasteiger partial charge on any atom is -0.352 e. The highest BCUT2D eigenvalue weighted by Gasteiger charge is 2.15. The van der Waals surface area contributed by atoms with Gasteiger partial charge in [0, 0.05) is 17.8 Å². The van der Waals surface area contributed by atoms with Gasteiger partial charge in [0.25, 0.3) is 15.9 Å². The minimum atomic E-state index is -3.69. The zero-order valence-corrected chi connectivity index (χ0v) is 16.1. The van der Waals surface area contributed by atoms with Crippen LogP contribution in [-0.4, -0.2) is 46.4 Å². The fourth-order valence-electron chi connectivity index (χ4n) is 2.35. The molecule has 0 radical (unpaired) electrons. The molecule has 0 unspecified atom stereocenters. The van der Waals surface area contributed by atoms with Gasteiger partial charge in [0.2, 0.25) is 0 Å². The molecule has 0 atom stereocenters. The molecule has 0 heterocycles. The zero-order valence-electron chi connectivity index (χ0n) is 15.3. The Morgan fingerprint density at radius 1 is 1.08 bits per heavy atom. The molecule has 0 aliphatic carbocycles. The first-order chi connectivity index (χ1) is 12.3. The average Bonchev–Trinajstić information content (AvgIpc) is 2.58. The molecule has 2 aromatic rings. The molecule has 0 aromatic heterocycles. The first-order valence-corrected chi connectivity index (χ1v) is 9.89. The van der Waals surface area contributed by atoms with E-state index in [1.165, 1.54) is 6.07 Å². The molecule has 6 nitrogen and oxygen atoms in total. The van der Waals surface area contributed by atoms with Gasteiger partial charge in [0.1, 0.15) is 0 Å². The highest BCUT2D eigenvalue weighted by Crippen LogP contribution is 2.17. The number of nitrogens with one attached hydrogen (secondary N) is 2. The van der Waals surface area contributed by atoms with Gasteiger partial charge in [-0.1, -0.05) is 23.8 Å². The van der Waals surface area contributed by atoms with Crippen molar-refractivity contribution in [3.8, 4) is 0 Å². The summed E-state index contributed by atoms with van der Waals surface area (Å²) < 4.78 is 27.4. The van der Waals surface area contributed by atoms with E-state index in [1.54, 1.807) is 42.5 Å². The van der Waals surface area contributed by atoms with Crippen LogP contribution in [0, 0.1) is 6.92 Å². The molecule has 0 bridgehead atoms. The monoisotopic (exact) mass is 375 g/mol. The van der Waals surface area contributed by atoms with E-state index in [4.69, 9.17) is 0 Å². The maximum atomic E-state index is 12.5. The van der Waals surface area contributed by atoms with Gasteiger partial charge in [0.05, 0.1) is 4.90 Å². The fraction of sp³-hybridized carbons (Fsp3) is 0.316. The Hall–Kier alpha value is -2.38. The average molecular weight is 375 g/mol. The molecule has 2 rings (SSSR count). The number of aryl methyl sites for hydroxylation is 1. The Kier molecular flexibility index (Phi) is 6.76. The molecule has 7 heteroatoms. The zero-order chi connectivity index (χ0) is 19.2. The quantitative estimate of drug-likeness (QED) is 0.695. The molecule has 140 valence electrons. The number of nitrogens with zero attached hydrogens (tertiary/aromatic N) is 1. The van der Waals surface area contributed by atoms with Crippen molar-refractivity contribution in [3.05, 3.63) is 59.7 Å². The van der Waals surface area contributed by atoms with E-state index in [0.717, 1.165) is 18.5 Å². The van der Waals surface area contributed by atoms with Crippen molar-refractivity contribution in [2.75, 3.05) is 31.9 Å². The first-order valence-electron chi connectivity index (χ1n) is 8.40. The lowest BCUT2D eigenvalue weighted by molar-refractivity contribution is 0.0952. The van der Waals surface area contributed by atoms with E-state index in [1.807, 2.05) is 25.9 Å². The summed E-state index contributed by atoms with van der Waals surface area (Å²) in [7, 11) is 0.265. The Morgan fingerprint density at radius 3 is 2.42 bits per heavy atom. The van der Waals surface area contributed by atoms with Crippen LogP contribution in [-0.2, 0) is 10.0 Å². The Morgan fingerprint density at radius 2 is 1.77 bits per heavy atom. The molecule has 26 heavy (non-hydrogen) atoms. The number of hydrogen-bond donors (Lipinski definition) is 2. The van der Waals surface area contributed by atoms with Crippen molar-refractivity contribution in [1.29, 1.82) is 0 Å². The van der Waals surface area contributed by atoms with Crippen molar-refractivity contribution in [3.63, 3.8) is 0 Å². The van der Waals surface area contributed by atoms with Gasteiger partial charge < -0.3 is 10.2 Å². The standard InChI is InChI=1S/C19H25N3O3S/c1-15-8-10-18(11-9-15)26(24,25)21-17-7-4-6-16(14-17)19(23)20-12-5-13-22(2)3/h4,6-11,14,21H,5,12-13H2,1-3H3,(H,20,23). The molecule has 2 N–H and O–H groups in total. The largest absolute Gasteiger partial charge is 0.352 e. The molecule has 1 amide bonds. The van der Waals surface area contributed by atoms with Crippen molar-refractivity contribution in [2.24, 2.45) is 0 Å². The van der Waals surface area contributed by atoms with Gasteiger partial charge in [-0.15, -0.1) is 0 Å². The molecule has 0 saturated carbocycles. The Labute approximate surface area is 155 Å². The number of carbonyl (C=O) groups is 1. The normalized spacial score (nSPS) is 11.4. The SMILES string of the molecule is Cc1ccc(S(=O)(=O)Nc2cccc(C(=O)NCCCN(C)C)c2)cc1. The van der Waals surface area contributed by atoms with E-state index in [0.29, 0.717) is 17.8 Å². The predicted octanol–water partition coefficient (Wildman–Crippen LogP) is 2.48. The molecular weight excluding hydrogens is 350 g/mol. The van der Waals surface area contributed by atoms with E-state index in [2.05, 4.69) is 10.0 Å². The molecule has 0 saturated heterocycles. The van der Waals surface area contributed by atoms with E-state index in [-0.39, 0.29) is 10.8 Å². The van der Waals surface area contributed by atoms with Crippen LogP contribution in [0.3, 0.4) is 0 Å². The minimum absolute atomic E-state index is 0.182. The van der Waals surface area contributed by atoms with E-state index < -0.39 is 10.0 Å². The van der Waals surface area contributed by atoms with Gasteiger partial charge in [-0.2, -0.15) is 0 Å². The van der Waals surface area contributed by atoms with Crippen LogP contribution >= 0.6 is 0 Å². The van der Waals surface area contributed by atoms with Crippen molar-refractivity contribution in [2.45, 2.75) is 18.2 Å². The molecule has 0 spiro atoms. The summed E-state index contributed by atoms with van der Waals surface area (Å²) in [6.07, 6.45) is 0.846. The lowest BCUT2D eigenvalue weighted by Gasteiger charge is -2.11. The predicted molar refractivity (Wildman–Crippen MR) is 104 cm³/mol. The number of benzene rings is 2. The lowest BCUT2D eigenvalue weighted by Crippen LogP contribution is -2.27. The number of anilines is 1. The second-order valence-electron chi connectivity index (χ2n) is 6.41. The number of sulfonamides is 1. The van der Waals surface area contributed by atoms with Crippen molar-refractivity contribution >= 4 is 21.6 Å². The first kappa shape index (κ1) is 19.9. The third kappa shape index (κ3) is 5.86. The molecule has 0 aliphatic rings. The summed E-state index contributed by atoms with van der Waals surface area (Å²) in [5.41, 5.74) is 1.75. The third-order valence-electron chi connectivity index (χ3n) is 3.78. The highest BCUT2D eigenvalue weighted by atomic mass is 32.2. The summed E-state index contributed by atoms with van der Waals surface area (Å²) in [6, 6.07) is 13.1. The number of amides is 1. The van der Waals surface area contributed by atoms with Crippen LogP contribution in [0.25, 0.3) is 0 Å². The number of hydrogen-bond acceptors (Lipinski definition) is 4. The summed E-state index contributed by atoms with van der Waals surface area (Å²) in [5, 5.41) is 2.84. The topological polar surface area (TPSA) is 78.5 Å². The van der Waals surface area contributed by atoms with Gasteiger partial charge in [0.15, 0.2) is 0 Å². The number of carbonyl (C=O) groups excluding carboxylic acids is 1. The van der Waals surface area contributed by atoms with Gasteiger partial charge >= 0.3 is 0 Å². The maximum Gasteiger partial charge on any atom is 0.261 e. The second-order valence-corrected chi connectivity index (χ2v) is 8.09. The highest BCUT2D eigenvalue weighted by molar-refractivity contribution is 7.92. The molecule has 0 fully saturated rings. The lowest BCUT2D eigenvalue weighted by atomic mass is 10.2.